The molecule has 0 amide bonds. The lowest BCUT2D eigenvalue weighted by Gasteiger charge is -2.21. The SMILES string of the molecule is Cc1cnc([C@H](C)N[C@@H](C)c2ccc(F)cc2OC(F)F)s1. The zero-order valence-corrected chi connectivity index (χ0v) is 13.3. The summed E-state index contributed by atoms with van der Waals surface area (Å²) in [5.74, 6) is -0.771. The summed E-state index contributed by atoms with van der Waals surface area (Å²) in [5, 5.41) is 4.16. The molecule has 0 unspecified atom stereocenters. The van der Waals surface area contributed by atoms with Crippen LogP contribution in [0.15, 0.2) is 24.4 Å². The van der Waals surface area contributed by atoms with E-state index in [4.69, 9.17) is 0 Å². The van der Waals surface area contributed by atoms with Crippen LogP contribution in [0.2, 0.25) is 0 Å². The van der Waals surface area contributed by atoms with Crippen LogP contribution in [0.1, 0.15) is 41.4 Å². The van der Waals surface area contributed by atoms with Crippen molar-refractivity contribution in [1.82, 2.24) is 10.3 Å². The number of rotatable bonds is 6. The maximum absolute atomic E-state index is 13.2. The molecule has 1 aromatic carbocycles. The van der Waals surface area contributed by atoms with E-state index in [9.17, 15) is 13.2 Å². The number of benzene rings is 1. The van der Waals surface area contributed by atoms with Gasteiger partial charge >= 0.3 is 6.61 Å². The molecule has 7 heteroatoms. The van der Waals surface area contributed by atoms with Crippen LogP contribution in [0.5, 0.6) is 5.75 Å². The van der Waals surface area contributed by atoms with Gasteiger partial charge in [0.25, 0.3) is 0 Å². The Labute approximate surface area is 131 Å². The van der Waals surface area contributed by atoms with E-state index in [2.05, 4.69) is 15.0 Å². The Hall–Kier alpha value is -1.60. The van der Waals surface area contributed by atoms with Crippen molar-refractivity contribution in [3.63, 3.8) is 0 Å². The summed E-state index contributed by atoms with van der Waals surface area (Å²) in [4.78, 5) is 5.39. The fourth-order valence-corrected chi connectivity index (χ4v) is 2.96. The summed E-state index contributed by atoms with van der Waals surface area (Å²) < 4.78 is 42.6. The third kappa shape index (κ3) is 4.20. The third-order valence-electron chi connectivity index (χ3n) is 3.17. The van der Waals surface area contributed by atoms with Crippen molar-refractivity contribution >= 4 is 11.3 Å². The summed E-state index contributed by atoms with van der Waals surface area (Å²) in [6.07, 6.45) is 1.78. The van der Waals surface area contributed by atoms with E-state index in [0.717, 1.165) is 16.0 Å². The van der Waals surface area contributed by atoms with Crippen molar-refractivity contribution in [3.05, 3.63) is 45.7 Å². The summed E-state index contributed by atoms with van der Waals surface area (Å²) in [6, 6.07) is 3.29. The van der Waals surface area contributed by atoms with Gasteiger partial charge in [-0.1, -0.05) is 6.07 Å². The molecule has 0 aliphatic carbocycles. The molecule has 0 saturated heterocycles. The average Bonchev–Trinajstić information content (AvgIpc) is 2.84. The molecule has 2 aromatic rings. The van der Waals surface area contributed by atoms with Gasteiger partial charge in [0.2, 0.25) is 0 Å². The van der Waals surface area contributed by atoms with Crippen LogP contribution in [-0.2, 0) is 0 Å². The minimum atomic E-state index is -2.99. The Bertz CT molecular complexity index is 633. The number of halogens is 3. The number of nitrogens with zero attached hydrogens (tertiary/aromatic N) is 1. The predicted molar refractivity (Wildman–Crippen MR) is 79.8 cm³/mol. The summed E-state index contributed by atoms with van der Waals surface area (Å²) in [6.45, 7) is 2.71. The fourth-order valence-electron chi connectivity index (χ4n) is 2.17. The molecule has 0 spiro atoms. The Morgan fingerprint density at radius 1 is 1.23 bits per heavy atom. The molecule has 2 rings (SSSR count). The van der Waals surface area contributed by atoms with Gasteiger partial charge in [0.15, 0.2) is 0 Å². The van der Waals surface area contributed by atoms with Gasteiger partial charge in [-0.2, -0.15) is 8.78 Å². The number of nitrogens with one attached hydrogen (secondary N) is 1. The van der Waals surface area contributed by atoms with E-state index in [-0.39, 0.29) is 17.8 Å². The smallest absolute Gasteiger partial charge is 0.387 e. The second kappa shape index (κ2) is 7.11. The van der Waals surface area contributed by atoms with Crippen molar-refractivity contribution in [2.24, 2.45) is 0 Å². The molecule has 0 bridgehead atoms. The summed E-state index contributed by atoms with van der Waals surface area (Å²) in [7, 11) is 0. The second-order valence-electron chi connectivity index (χ2n) is 4.98. The molecule has 1 aromatic heterocycles. The van der Waals surface area contributed by atoms with Crippen molar-refractivity contribution in [2.75, 3.05) is 0 Å². The Morgan fingerprint density at radius 3 is 2.55 bits per heavy atom. The summed E-state index contributed by atoms with van der Waals surface area (Å²) in [5.41, 5.74) is 0.474. The van der Waals surface area contributed by atoms with E-state index in [1.165, 1.54) is 12.1 Å². The standard InChI is InChI=1S/C15H17F3N2OS/c1-8-7-19-14(22-8)10(3)20-9(2)12-5-4-11(16)6-13(12)21-15(17)18/h4-7,9-10,15,20H,1-3H3/t9-,10-/m0/s1. The Kier molecular flexibility index (Phi) is 5.42. The van der Waals surface area contributed by atoms with Gasteiger partial charge < -0.3 is 10.1 Å². The topological polar surface area (TPSA) is 34.2 Å². The van der Waals surface area contributed by atoms with Crippen LogP contribution >= 0.6 is 11.3 Å². The van der Waals surface area contributed by atoms with Gasteiger partial charge in [0.05, 0.1) is 6.04 Å². The molecule has 120 valence electrons. The molecule has 0 aliphatic rings. The minimum Gasteiger partial charge on any atom is -0.434 e. The second-order valence-corrected chi connectivity index (χ2v) is 6.25. The number of hydrogen-bond acceptors (Lipinski definition) is 4. The van der Waals surface area contributed by atoms with Crippen molar-refractivity contribution in [2.45, 2.75) is 39.5 Å². The number of thiazole rings is 1. The largest absolute Gasteiger partial charge is 0.434 e. The van der Waals surface area contributed by atoms with Gasteiger partial charge in [-0.05, 0) is 26.8 Å². The molecule has 0 radical (unpaired) electrons. The number of alkyl halides is 2. The van der Waals surface area contributed by atoms with Crippen LogP contribution in [-0.4, -0.2) is 11.6 Å². The highest BCUT2D eigenvalue weighted by atomic mass is 32.1. The molecule has 0 aliphatic heterocycles. The minimum absolute atomic E-state index is 0.0573. The van der Waals surface area contributed by atoms with Gasteiger partial charge in [0.1, 0.15) is 16.6 Å². The molecule has 2 atom stereocenters. The quantitative estimate of drug-likeness (QED) is 0.840. The van der Waals surface area contributed by atoms with Gasteiger partial charge in [0, 0.05) is 28.7 Å². The third-order valence-corrected chi connectivity index (χ3v) is 4.26. The van der Waals surface area contributed by atoms with Gasteiger partial charge in [-0.25, -0.2) is 9.37 Å². The zero-order chi connectivity index (χ0) is 16.3. The van der Waals surface area contributed by atoms with E-state index in [1.807, 2.05) is 20.8 Å². The normalized spacial score (nSPS) is 14.1. The zero-order valence-electron chi connectivity index (χ0n) is 12.4. The van der Waals surface area contributed by atoms with Gasteiger partial charge in [-0.3, -0.25) is 0 Å². The molecule has 0 fully saturated rings. The molecule has 1 N–H and O–H groups in total. The number of ether oxygens (including phenoxy) is 1. The molecular weight excluding hydrogens is 313 g/mol. The number of hydrogen-bond donors (Lipinski definition) is 1. The maximum Gasteiger partial charge on any atom is 0.387 e. The van der Waals surface area contributed by atoms with Crippen LogP contribution < -0.4 is 10.1 Å². The van der Waals surface area contributed by atoms with Crippen LogP contribution in [0.4, 0.5) is 13.2 Å². The van der Waals surface area contributed by atoms with E-state index >= 15 is 0 Å². The van der Waals surface area contributed by atoms with Crippen molar-refractivity contribution in [3.8, 4) is 5.75 Å². The van der Waals surface area contributed by atoms with Crippen LogP contribution in [0.25, 0.3) is 0 Å². The number of aryl methyl sites for hydroxylation is 1. The molecule has 1 heterocycles. The molecule has 0 saturated carbocycles. The lowest BCUT2D eigenvalue weighted by atomic mass is 10.1. The maximum atomic E-state index is 13.2. The fraction of sp³-hybridized carbons (Fsp3) is 0.400. The van der Waals surface area contributed by atoms with Crippen molar-refractivity contribution in [1.29, 1.82) is 0 Å². The lowest BCUT2D eigenvalue weighted by molar-refractivity contribution is -0.0508. The highest BCUT2D eigenvalue weighted by Gasteiger charge is 2.19. The predicted octanol–water partition coefficient (Wildman–Crippen LogP) is 4.60. The first-order valence-electron chi connectivity index (χ1n) is 6.79. The Morgan fingerprint density at radius 2 is 1.95 bits per heavy atom. The highest BCUT2D eigenvalue weighted by molar-refractivity contribution is 7.11. The molecular formula is C15H17F3N2OS. The van der Waals surface area contributed by atoms with Crippen LogP contribution in [0.3, 0.4) is 0 Å². The number of aromatic nitrogens is 1. The lowest BCUT2D eigenvalue weighted by Crippen LogP contribution is -2.23. The van der Waals surface area contributed by atoms with E-state index < -0.39 is 12.4 Å². The first kappa shape index (κ1) is 16.8. The van der Waals surface area contributed by atoms with Gasteiger partial charge in [-0.15, -0.1) is 11.3 Å². The first-order chi connectivity index (χ1) is 10.4. The van der Waals surface area contributed by atoms with Crippen LogP contribution in [0, 0.1) is 12.7 Å². The van der Waals surface area contributed by atoms with E-state index in [0.29, 0.717) is 5.56 Å². The van der Waals surface area contributed by atoms with Crippen molar-refractivity contribution < 1.29 is 17.9 Å². The molecule has 3 nitrogen and oxygen atoms in total. The monoisotopic (exact) mass is 330 g/mol. The molecule has 22 heavy (non-hydrogen) atoms. The summed E-state index contributed by atoms with van der Waals surface area (Å²) >= 11 is 1.57. The average molecular weight is 330 g/mol. The Balaban J connectivity index is 2.16. The first-order valence-corrected chi connectivity index (χ1v) is 7.61. The highest BCUT2D eigenvalue weighted by Crippen LogP contribution is 2.30. The van der Waals surface area contributed by atoms with E-state index in [1.54, 1.807) is 17.5 Å².